The molecule has 1 unspecified atom stereocenters. The molecule has 5 nitrogen and oxygen atoms in total. The molecule has 0 spiro atoms. The average molecular weight is 538 g/mol. The number of aryl methyl sites for hydroxylation is 1. The van der Waals surface area contributed by atoms with E-state index in [9.17, 15) is 4.79 Å². The number of amides is 1. The Morgan fingerprint density at radius 3 is 2.70 bits per heavy atom. The summed E-state index contributed by atoms with van der Waals surface area (Å²) in [6.07, 6.45) is 0.478. The van der Waals surface area contributed by atoms with Gasteiger partial charge in [-0.3, -0.25) is 9.79 Å². The second-order valence-electron chi connectivity index (χ2n) is 7.22. The third-order valence-electron chi connectivity index (χ3n) is 4.85. The van der Waals surface area contributed by atoms with Crippen molar-refractivity contribution < 1.29 is 4.79 Å². The average Bonchev–Trinajstić information content (AvgIpc) is 2.72. The molecular formula is C23H31IN4OS. The van der Waals surface area contributed by atoms with Gasteiger partial charge < -0.3 is 16.0 Å². The minimum Gasteiger partial charge on any atom is -0.357 e. The quantitative estimate of drug-likeness (QED) is 0.200. The Morgan fingerprint density at radius 1 is 1.17 bits per heavy atom. The lowest BCUT2D eigenvalue weighted by Crippen LogP contribution is -2.39. The highest BCUT2D eigenvalue weighted by Crippen LogP contribution is 2.31. The largest absolute Gasteiger partial charge is 0.357 e. The van der Waals surface area contributed by atoms with Crippen molar-refractivity contribution in [3.8, 4) is 0 Å². The smallest absolute Gasteiger partial charge is 0.225 e. The molecule has 3 rings (SSSR count). The van der Waals surface area contributed by atoms with Crippen molar-refractivity contribution in [3.05, 3.63) is 65.2 Å². The lowest BCUT2D eigenvalue weighted by Gasteiger charge is -2.24. The van der Waals surface area contributed by atoms with Gasteiger partial charge in [0, 0.05) is 42.6 Å². The monoisotopic (exact) mass is 538 g/mol. The van der Waals surface area contributed by atoms with E-state index in [0.29, 0.717) is 13.0 Å². The lowest BCUT2D eigenvalue weighted by atomic mass is 9.91. The van der Waals surface area contributed by atoms with Crippen molar-refractivity contribution in [2.45, 2.75) is 31.9 Å². The summed E-state index contributed by atoms with van der Waals surface area (Å²) in [6.45, 7) is 6.43. The molecule has 3 N–H and O–H groups in total. The van der Waals surface area contributed by atoms with Crippen molar-refractivity contribution in [1.82, 2.24) is 10.6 Å². The van der Waals surface area contributed by atoms with Gasteiger partial charge in [-0.05, 0) is 31.0 Å². The number of benzene rings is 2. The summed E-state index contributed by atoms with van der Waals surface area (Å²) in [5.74, 6) is 3.02. The van der Waals surface area contributed by atoms with Crippen molar-refractivity contribution in [2.24, 2.45) is 4.99 Å². The number of carbonyl (C=O) groups excluding carboxylic acids is 1. The number of carbonyl (C=O) groups is 1. The zero-order valence-electron chi connectivity index (χ0n) is 17.6. The molecule has 7 heteroatoms. The number of rotatable bonds is 8. The van der Waals surface area contributed by atoms with Crippen LogP contribution in [0.15, 0.2) is 53.5 Å². The van der Waals surface area contributed by atoms with Crippen LogP contribution in [0, 0.1) is 6.92 Å². The zero-order chi connectivity index (χ0) is 20.5. The molecule has 0 radical (unpaired) electrons. The Morgan fingerprint density at radius 2 is 1.93 bits per heavy atom. The molecule has 0 aromatic heterocycles. The van der Waals surface area contributed by atoms with Crippen LogP contribution in [0.25, 0.3) is 0 Å². The third-order valence-corrected chi connectivity index (χ3v) is 5.88. The predicted octanol–water partition coefficient (Wildman–Crippen LogP) is 4.53. The van der Waals surface area contributed by atoms with Crippen LogP contribution < -0.4 is 16.0 Å². The first-order valence-corrected chi connectivity index (χ1v) is 11.4. The van der Waals surface area contributed by atoms with Crippen molar-refractivity contribution in [1.29, 1.82) is 0 Å². The van der Waals surface area contributed by atoms with Crippen molar-refractivity contribution in [3.63, 3.8) is 0 Å². The fourth-order valence-corrected chi connectivity index (χ4v) is 4.14. The molecule has 0 saturated heterocycles. The molecule has 162 valence electrons. The molecule has 1 aliphatic heterocycles. The number of hydrogen-bond donors (Lipinski definition) is 3. The summed E-state index contributed by atoms with van der Waals surface area (Å²) in [7, 11) is 0. The summed E-state index contributed by atoms with van der Waals surface area (Å²) < 4.78 is 0. The van der Waals surface area contributed by atoms with Crippen LogP contribution in [0.4, 0.5) is 5.69 Å². The van der Waals surface area contributed by atoms with Crippen LogP contribution in [0.5, 0.6) is 0 Å². The Labute approximate surface area is 200 Å². The summed E-state index contributed by atoms with van der Waals surface area (Å²) in [6, 6.07) is 16.7. The van der Waals surface area contributed by atoms with E-state index in [1.165, 1.54) is 16.7 Å². The highest BCUT2D eigenvalue weighted by atomic mass is 127. The van der Waals surface area contributed by atoms with Crippen LogP contribution >= 0.6 is 35.7 Å². The fraction of sp³-hybridized carbons (Fsp3) is 0.391. The minimum atomic E-state index is 0. The highest BCUT2D eigenvalue weighted by Gasteiger charge is 2.24. The first-order valence-electron chi connectivity index (χ1n) is 10.2. The normalized spacial score (nSPS) is 15.6. The number of aliphatic imine (C=N–C) groups is 1. The minimum absolute atomic E-state index is 0. The molecule has 2 aromatic rings. The first-order chi connectivity index (χ1) is 14.2. The van der Waals surface area contributed by atoms with E-state index in [0.717, 1.165) is 36.2 Å². The Hall–Kier alpha value is -1.74. The lowest BCUT2D eigenvalue weighted by molar-refractivity contribution is -0.116. The van der Waals surface area contributed by atoms with Gasteiger partial charge in [0.05, 0.1) is 6.54 Å². The molecule has 30 heavy (non-hydrogen) atoms. The van der Waals surface area contributed by atoms with Crippen LogP contribution in [0.3, 0.4) is 0 Å². The second-order valence-corrected chi connectivity index (χ2v) is 8.33. The predicted molar refractivity (Wildman–Crippen MR) is 139 cm³/mol. The molecule has 1 aliphatic rings. The molecule has 1 heterocycles. The highest BCUT2D eigenvalue weighted by molar-refractivity contribution is 14.0. The van der Waals surface area contributed by atoms with Crippen LogP contribution in [0.1, 0.15) is 36.0 Å². The maximum atomic E-state index is 12.0. The van der Waals surface area contributed by atoms with Gasteiger partial charge in [-0.25, -0.2) is 0 Å². The number of nitrogens with one attached hydrogen (secondary N) is 3. The number of anilines is 1. The Bertz CT molecular complexity index is 841. The number of thioether (sulfide) groups is 1. The van der Waals surface area contributed by atoms with E-state index < -0.39 is 0 Å². The Kier molecular flexibility index (Phi) is 10.5. The van der Waals surface area contributed by atoms with Gasteiger partial charge in [-0.15, -0.1) is 24.0 Å². The number of fused-ring (bicyclic) bond motifs is 1. The summed E-state index contributed by atoms with van der Waals surface area (Å²) >= 11 is 1.91. The maximum absolute atomic E-state index is 12.0. The van der Waals surface area contributed by atoms with Gasteiger partial charge in [0.1, 0.15) is 0 Å². The van der Waals surface area contributed by atoms with E-state index in [1.54, 1.807) is 0 Å². The van der Waals surface area contributed by atoms with E-state index in [4.69, 9.17) is 4.99 Å². The van der Waals surface area contributed by atoms with Crippen molar-refractivity contribution in [2.75, 3.05) is 30.7 Å². The van der Waals surface area contributed by atoms with E-state index in [-0.39, 0.29) is 35.8 Å². The molecule has 0 aliphatic carbocycles. The molecule has 1 atom stereocenters. The first kappa shape index (κ1) is 24.5. The van der Waals surface area contributed by atoms with Crippen LogP contribution in [-0.2, 0) is 10.5 Å². The van der Waals surface area contributed by atoms with E-state index >= 15 is 0 Å². The summed E-state index contributed by atoms with van der Waals surface area (Å²) in [5, 5.41) is 9.66. The van der Waals surface area contributed by atoms with E-state index in [2.05, 4.69) is 60.1 Å². The second kappa shape index (κ2) is 12.8. The summed E-state index contributed by atoms with van der Waals surface area (Å²) in [4.78, 5) is 16.7. The zero-order valence-corrected chi connectivity index (χ0v) is 20.8. The number of halogens is 1. The standard InChI is InChI=1S/C23H30N4OS.HI/c1-3-24-23(25-12-13-29-16-18-10-8-17(2)9-11-18)26-15-19-14-22(28)27-21-7-5-4-6-20(19)21;/h4-11,19H,3,12-16H2,1-2H3,(H,27,28)(H2,24,25,26);1H. The maximum Gasteiger partial charge on any atom is 0.225 e. The van der Waals surface area contributed by atoms with Gasteiger partial charge in [0.25, 0.3) is 0 Å². The molecule has 0 bridgehead atoms. The molecular weight excluding hydrogens is 507 g/mol. The molecule has 0 fully saturated rings. The van der Waals surface area contributed by atoms with Crippen molar-refractivity contribution >= 4 is 53.3 Å². The number of hydrogen-bond acceptors (Lipinski definition) is 3. The number of para-hydroxylation sites is 1. The van der Waals surface area contributed by atoms with Gasteiger partial charge in [0.2, 0.25) is 5.91 Å². The van der Waals surface area contributed by atoms with Gasteiger partial charge >= 0.3 is 0 Å². The van der Waals surface area contributed by atoms with Gasteiger partial charge in [-0.1, -0.05) is 48.0 Å². The fourth-order valence-electron chi connectivity index (χ4n) is 3.32. The van der Waals surface area contributed by atoms with E-state index in [1.807, 2.05) is 30.0 Å². The molecule has 1 amide bonds. The molecule has 2 aromatic carbocycles. The number of nitrogens with zero attached hydrogens (tertiary/aromatic N) is 1. The SMILES string of the molecule is CCNC(=NCC1CC(=O)Nc2ccccc21)NCCSCc1ccc(C)cc1.I. The third kappa shape index (κ3) is 7.50. The van der Waals surface area contributed by atoms with Crippen LogP contribution in [0.2, 0.25) is 0 Å². The Balaban J connectivity index is 0.00000320. The topological polar surface area (TPSA) is 65.5 Å². The van der Waals surface area contributed by atoms with Crippen LogP contribution in [-0.4, -0.2) is 37.3 Å². The molecule has 0 saturated carbocycles. The summed E-state index contributed by atoms with van der Waals surface area (Å²) in [5.41, 5.74) is 4.73. The van der Waals surface area contributed by atoms with Gasteiger partial charge in [0.15, 0.2) is 5.96 Å². The van der Waals surface area contributed by atoms with Gasteiger partial charge in [-0.2, -0.15) is 11.8 Å². The number of guanidine groups is 1.